The zero-order valence-electron chi connectivity index (χ0n) is 12.4. The van der Waals surface area contributed by atoms with Crippen molar-refractivity contribution in [3.8, 4) is 0 Å². The van der Waals surface area contributed by atoms with Crippen LogP contribution in [0.4, 0.5) is 0 Å². The standard InChI is InChI=1S/C16H25N3O/c1-3-12(2)15(17)16(20)19-10-9-18-11-14(19)13-7-5-4-6-8-13/h4-8,12,14-15,18H,3,9-11,17H2,1-2H3/t12?,14?,15-/m0/s1. The minimum atomic E-state index is -0.399. The molecule has 1 amide bonds. The first-order valence-corrected chi connectivity index (χ1v) is 7.46. The molecule has 0 bridgehead atoms. The molecule has 1 aliphatic heterocycles. The third kappa shape index (κ3) is 3.19. The number of amides is 1. The van der Waals surface area contributed by atoms with Crippen LogP contribution in [-0.4, -0.2) is 36.5 Å². The second-order valence-corrected chi connectivity index (χ2v) is 5.57. The van der Waals surface area contributed by atoms with Crippen LogP contribution >= 0.6 is 0 Å². The Balaban J connectivity index is 2.17. The summed E-state index contributed by atoms with van der Waals surface area (Å²) in [4.78, 5) is 14.6. The Morgan fingerprint density at radius 3 is 2.80 bits per heavy atom. The lowest BCUT2D eigenvalue weighted by Gasteiger charge is -2.38. The summed E-state index contributed by atoms with van der Waals surface area (Å²) in [6, 6.07) is 9.87. The van der Waals surface area contributed by atoms with E-state index in [4.69, 9.17) is 5.73 Å². The lowest BCUT2D eigenvalue weighted by molar-refractivity contribution is -0.137. The van der Waals surface area contributed by atoms with E-state index in [1.54, 1.807) is 0 Å². The molecule has 1 fully saturated rings. The van der Waals surface area contributed by atoms with Gasteiger partial charge in [-0.05, 0) is 11.5 Å². The Bertz CT molecular complexity index is 435. The molecule has 2 unspecified atom stereocenters. The number of carbonyl (C=O) groups is 1. The van der Waals surface area contributed by atoms with Crippen molar-refractivity contribution in [1.82, 2.24) is 10.2 Å². The molecule has 2 rings (SSSR count). The summed E-state index contributed by atoms with van der Waals surface area (Å²) < 4.78 is 0. The highest BCUT2D eigenvalue weighted by atomic mass is 16.2. The molecule has 4 nitrogen and oxygen atoms in total. The summed E-state index contributed by atoms with van der Waals surface area (Å²) in [6.07, 6.45) is 0.926. The van der Waals surface area contributed by atoms with Crippen LogP contribution in [0.25, 0.3) is 0 Å². The van der Waals surface area contributed by atoms with Gasteiger partial charge in [-0.1, -0.05) is 50.6 Å². The van der Waals surface area contributed by atoms with Crippen LogP contribution in [0, 0.1) is 5.92 Å². The van der Waals surface area contributed by atoms with Crippen molar-refractivity contribution in [2.24, 2.45) is 11.7 Å². The van der Waals surface area contributed by atoms with E-state index in [0.29, 0.717) is 0 Å². The molecule has 1 heterocycles. The summed E-state index contributed by atoms with van der Waals surface area (Å²) in [5.74, 6) is 0.295. The molecule has 1 aromatic carbocycles. The number of nitrogens with two attached hydrogens (primary N) is 1. The van der Waals surface area contributed by atoms with Gasteiger partial charge in [0.2, 0.25) is 5.91 Å². The largest absolute Gasteiger partial charge is 0.332 e. The highest BCUT2D eigenvalue weighted by Crippen LogP contribution is 2.23. The van der Waals surface area contributed by atoms with Crippen molar-refractivity contribution < 1.29 is 4.79 Å². The molecular formula is C16H25N3O. The van der Waals surface area contributed by atoms with Crippen molar-refractivity contribution in [1.29, 1.82) is 0 Å². The number of benzene rings is 1. The van der Waals surface area contributed by atoms with Gasteiger partial charge in [0.15, 0.2) is 0 Å². The number of hydrogen-bond acceptors (Lipinski definition) is 3. The smallest absolute Gasteiger partial charge is 0.240 e. The number of carbonyl (C=O) groups excluding carboxylic acids is 1. The van der Waals surface area contributed by atoms with Gasteiger partial charge >= 0.3 is 0 Å². The lowest BCUT2D eigenvalue weighted by Crippen LogP contribution is -2.54. The van der Waals surface area contributed by atoms with Crippen molar-refractivity contribution in [3.63, 3.8) is 0 Å². The zero-order valence-corrected chi connectivity index (χ0v) is 12.4. The predicted octanol–water partition coefficient (Wildman–Crippen LogP) is 1.53. The van der Waals surface area contributed by atoms with Gasteiger partial charge in [0.05, 0.1) is 12.1 Å². The topological polar surface area (TPSA) is 58.4 Å². The number of piperazine rings is 1. The number of nitrogens with one attached hydrogen (secondary N) is 1. The van der Waals surface area contributed by atoms with Crippen molar-refractivity contribution >= 4 is 5.91 Å². The molecule has 3 atom stereocenters. The van der Waals surface area contributed by atoms with Gasteiger partial charge in [-0.3, -0.25) is 4.79 Å². The molecular weight excluding hydrogens is 250 g/mol. The number of rotatable bonds is 4. The van der Waals surface area contributed by atoms with Gasteiger partial charge in [0.1, 0.15) is 0 Å². The van der Waals surface area contributed by atoms with E-state index < -0.39 is 6.04 Å². The summed E-state index contributed by atoms with van der Waals surface area (Å²) in [7, 11) is 0. The Hall–Kier alpha value is -1.39. The van der Waals surface area contributed by atoms with E-state index in [0.717, 1.165) is 26.1 Å². The predicted molar refractivity (Wildman–Crippen MR) is 81.2 cm³/mol. The summed E-state index contributed by atoms with van der Waals surface area (Å²) >= 11 is 0. The molecule has 1 aromatic rings. The van der Waals surface area contributed by atoms with Crippen LogP contribution < -0.4 is 11.1 Å². The highest BCUT2D eigenvalue weighted by molar-refractivity contribution is 5.82. The second-order valence-electron chi connectivity index (χ2n) is 5.57. The molecule has 1 saturated heterocycles. The minimum absolute atomic E-state index is 0.0784. The van der Waals surface area contributed by atoms with Crippen molar-refractivity contribution in [3.05, 3.63) is 35.9 Å². The van der Waals surface area contributed by atoms with E-state index in [2.05, 4.69) is 24.4 Å². The fraction of sp³-hybridized carbons (Fsp3) is 0.562. The highest BCUT2D eigenvalue weighted by Gasteiger charge is 2.32. The van der Waals surface area contributed by atoms with E-state index >= 15 is 0 Å². The van der Waals surface area contributed by atoms with Gasteiger partial charge < -0.3 is 16.0 Å². The van der Waals surface area contributed by atoms with Crippen molar-refractivity contribution in [2.75, 3.05) is 19.6 Å². The molecule has 1 aliphatic rings. The first-order valence-electron chi connectivity index (χ1n) is 7.46. The number of nitrogens with zero attached hydrogens (tertiary/aromatic N) is 1. The van der Waals surface area contributed by atoms with E-state index in [1.165, 1.54) is 5.56 Å². The fourth-order valence-electron chi connectivity index (χ4n) is 2.63. The average molecular weight is 275 g/mol. The van der Waals surface area contributed by atoms with Crippen molar-refractivity contribution in [2.45, 2.75) is 32.4 Å². The molecule has 0 spiro atoms. The minimum Gasteiger partial charge on any atom is -0.332 e. The Morgan fingerprint density at radius 1 is 1.45 bits per heavy atom. The van der Waals surface area contributed by atoms with Gasteiger partial charge in [-0.2, -0.15) is 0 Å². The third-order valence-corrected chi connectivity index (χ3v) is 4.25. The van der Waals surface area contributed by atoms with Gasteiger partial charge in [-0.15, -0.1) is 0 Å². The third-order valence-electron chi connectivity index (χ3n) is 4.25. The Labute approximate surface area is 121 Å². The Kier molecular flexibility index (Phi) is 5.15. The molecule has 0 aliphatic carbocycles. The molecule has 4 heteroatoms. The monoisotopic (exact) mass is 275 g/mol. The summed E-state index contributed by atoms with van der Waals surface area (Å²) in [5, 5.41) is 3.37. The van der Waals surface area contributed by atoms with Gasteiger partial charge in [0.25, 0.3) is 0 Å². The zero-order chi connectivity index (χ0) is 14.5. The maximum atomic E-state index is 12.7. The second kappa shape index (κ2) is 6.86. The van der Waals surface area contributed by atoms with Gasteiger partial charge in [0, 0.05) is 19.6 Å². The molecule has 0 radical (unpaired) electrons. The molecule has 20 heavy (non-hydrogen) atoms. The van der Waals surface area contributed by atoms with E-state index in [-0.39, 0.29) is 17.9 Å². The van der Waals surface area contributed by atoms with Crippen LogP contribution in [0.1, 0.15) is 31.9 Å². The molecule has 3 N–H and O–H groups in total. The maximum absolute atomic E-state index is 12.7. The van der Waals surface area contributed by atoms with E-state index in [1.807, 2.05) is 30.0 Å². The quantitative estimate of drug-likeness (QED) is 0.876. The normalized spacial score (nSPS) is 22.4. The van der Waals surface area contributed by atoms with Crippen LogP contribution in [-0.2, 0) is 4.79 Å². The van der Waals surface area contributed by atoms with Crippen LogP contribution in [0.3, 0.4) is 0 Å². The van der Waals surface area contributed by atoms with Crippen LogP contribution in [0.5, 0.6) is 0 Å². The maximum Gasteiger partial charge on any atom is 0.240 e. The fourth-order valence-corrected chi connectivity index (χ4v) is 2.63. The molecule has 110 valence electrons. The lowest BCUT2D eigenvalue weighted by atomic mass is 9.96. The molecule has 0 saturated carbocycles. The Morgan fingerprint density at radius 2 is 2.15 bits per heavy atom. The van der Waals surface area contributed by atoms with Crippen LogP contribution in [0.15, 0.2) is 30.3 Å². The van der Waals surface area contributed by atoms with E-state index in [9.17, 15) is 4.79 Å². The number of hydrogen-bond donors (Lipinski definition) is 2. The van der Waals surface area contributed by atoms with Gasteiger partial charge in [-0.25, -0.2) is 0 Å². The first kappa shape index (κ1) is 15.0. The SMILES string of the molecule is CCC(C)[C@H](N)C(=O)N1CCNCC1c1ccccc1. The summed E-state index contributed by atoms with van der Waals surface area (Å²) in [6.45, 7) is 6.47. The summed E-state index contributed by atoms with van der Waals surface area (Å²) in [5.41, 5.74) is 7.30. The average Bonchev–Trinajstić information content (AvgIpc) is 2.53. The van der Waals surface area contributed by atoms with Crippen LogP contribution in [0.2, 0.25) is 0 Å². The first-order chi connectivity index (χ1) is 9.65. The molecule has 0 aromatic heterocycles.